The van der Waals surface area contributed by atoms with Gasteiger partial charge in [0.15, 0.2) is 11.5 Å². The average molecular weight is 391 g/mol. The lowest BCUT2D eigenvalue weighted by Gasteiger charge is -2.14. The fourth-order valence-corrected chi connectivity index (χ4v) is 2.62. The minimum absolute atomic E-state index is 0.222. The van der Waals surface area contributed by atoms with Crippen LogP contribution in [0.3, 0.4) is 0 Å². The molecule has 10 heteroatoms. The molecule has 10 nitrogen and oxygen atoms in total. The summed E-state index contributed by atoms with van der Waals surface area (Å²) < 4.78 is 12.1. The predicted octanol–water partition coefficient (Wildman–Crippen LogP) is 0.442. The molecule has 0 unspecified atom stereocenters. The zero-order chi connectivity index (χ0) is 21.0. The topological polar surface area (TPSA) is 132 Å². The third-order valence-corrected chi connectivity index (χ3v) is 4.21. The highest BCUT2D eigenvalue weighted by Gasteiger charge is 2.18. The second-order valence-electron chi connectivity index (χ2n) is 5.95. The largest absolute Gasteiger partial charge is 0.494 e. The van der Waals surface area contributed by atoms with E-state index in [1.54, 1.807) is 18.2 Å². The molecule has 1 aromatic heterocycles. The van der Waals surface area contributed by atoms with E-state index in [1.807, 2.05) is 0 Å². The minimum Gasteiger partial charge on any atom is -0.494 e. The number of benzene rings is 1. The average Bonchev–Trinajstić information content (AvgIpc) is 2.69. The number of nitrogens with zero attached hydrogens (tertiary/aromatic N) is 3. The SMILES string of the molecule is COc1ccc([C@H](CC(=O)O)N=Cc2c(O)n(C)c(=O)n(C)c2=O)cc1OC. The van der Waals surface area contributed by atoms with Crippen LogP contribution in [0.4, 0.5) is 0 Å². The van der Waals surface area contributed by atoms with Gasteiger partial charge >= 0.3 is 11.7 Å². The maximum Gasteiger partial charge on any atom is 0.333 e. The van der Waals surface area contributed by atoms with Crippen LogP contribution in [0.5, 0.6) is 17.4 Å². The smallest absolute Gasteiger partial charge is 0.333 e. The lowest BCUT2D eigenvalue weighted by Crippen LogP contribution is -2.38. The number of carbonyl (C=O) groups is 1. The Kier molecular flexibility index (Phi) is 6.24. The lowest BCUT2D eigenvalue weighted by molar-refractivity contribution is -0.137. The van der Waals surface area contributed by atoms with Crippen molar-refractivity contribution in [2.75, 3.05) is 14.2 Å². The van der Waals surface area contributed by atoms with Gasteiger partial charge in [-0.05, 0) is 17.7 Å². The third kappa shape index (κ3) is 4.05. The van der Waals surface area contributed by atoms with E-state index in [9.17, 15) is 24.6 Å². The van der Waals surface area contributed by atoms with Crippen LogP contribution in [0, 0.1) is 0 Å². The number of carboxylic acids is 1. The number of aromatic hydroxyl groups is 1. The molecule has 0 bridgehead atoms. The van der Waals surface area contributed by atoms with Crippen LogP contribution >= 0.6 is 0 Å². The van der Waals surface area contributed by atoms with Gasteiger partial charge in [-0.2, -0.15) is 0 Å². The van der Waals surface area contributed by atoms with E-state index in [2.05, 4.69) is 4.99 Å². The number of aliphatic carboxylic acids is 1. The predicted molar refractivity (Wildman–Crippen MR) is 101 cm³/mol. The van der Waals surface area contributed by atoms with E-state index in [4.69, 9.17) is 9.47 Å². The van der Waals surface area contributed by atoms with E-state index in [0.29, 0.717) is 17.1 Å². The Bertz CT molecular complexity index is 1040. The number of rotatable bonds is 7. The summed E-state index contributed by atoms with van der Waals surface area (Å²) in [6.45, 7) is 0. The molecular formula is C18H21N3O7. The maximum atomic E-state index is 12.3. The second kappa shape index (κ2) is 8.42. The molecule has 0 saturated heterocycles. The van der Waals surface area contributed by atoms with Gasteiger partial charge in [0.1, 0.15) is 5.56 Å². The Labute approximate surface area is 159 Å². The van der Waals surface area contributed by atoms with Crippen LogP contribution in [0.1, 0.15) is 23.6 Å². The minimum atomic E-state index is -1.10. The Balaban J connectivity index is 2.54. The first-order valence-corrected chi connectivity index (χ1v) is 8.17. The molecule has 150 valence electrons. The van der Waals surface area contributed by atoms with Gasteiger partial charge in [0.05, 0.1) is 26.7 Å². The quantitative estimate of drug-likeness (QED) is 0.655. The molecule has 0 amide bonds. The van der Waals surface area contributed by atoms with Crippen LogP contribution in [0.15, 0.2) is 32.8 Å². The normalized spacial score (nSPS) is 12.1. The summed E-state index contributed by atoms with van der Waals surface area (Å²) in [7, 11) is 5.49. The first-order valence-electron chi connectivity index (χ1n) is 8.17. The first kappa shape index (κ1) is 20.7. The lowest BCUT2D eigenvalue weighted by atomic mass is 10.0. The van der Waals surface area contributed by atoms with Crippen molar-refractivity contribution in [3.05, 3.63) is 50.2 Å². The fraction of sp³-hybridized carbons (Fsp3) is 0.333. The molecule has 2 N–H and O–H groups in total. The van der Waals surface area contributed by atoms with Crippen molar-refractivity contribution in [1.82, 2.24) is 9.13 Å². The number of aliphatic imine (C=N–C) groups is 1. The van der Waals surface area contributed by atoms with E-state index < -0.39 is 29.1 Å². The Morgan fingerprint density at radius 2 is 1.82 bits per heavy atom. The van der Waals surface area contributed by atoms with Crippen molar-refractivity contribution in [2.24, 2.45) is 19.1 Å². The van der Waals surface area contributed by atoms with Crippen LogP contribution in [0.25, 0.3) is 0 Å². The molecule has 0 aliphatic rings. The molecule has 0 spiro atoms. The molecular weight excluding hydrogens is 370 g/mol. The molecule has 1 heterocycles. The third-order valence-electron chi connectivity index (χ3n) is 4.21. The molecule has 1 aromatic carbocycles. The van der Waals surface area contributed by atoms with Gasteiger partial charge in [-0.25, -0.2) is 4.79 Å². The summed E-state index contributed by atoms with van der Waals surface area (Å²) in [6.07, 6.45) is 0.709. The molecule has 1 atom stereocenters. The van der Waals surface area contributed by atoms with Crippen molar-refractivity contribution < 1.29 is 24.5 Å². The van der Waals surface area contributed by atoms with Gasteiger partial charge in [0, 0.05) is 20.3 Å². The highest BCUT2D eigenvalue weighted by Crippen LogP contribution is 2.32. The number of hydrogen-bond donors (Lipinski definition) is 2. The van der Waals surface area contributed by atoms with Crippen molar-refractivity contribution in [3.8, 4) is 17.4 Å². The van der Waals surface area contributed by atoms with Crippen LogP contribution < -0.4 is 20.7 Å². The molecule has 0 fully saturated rings. The summed E-state index contributed by atoms with van der Waals surface area (Å²) in [5, 5.41) is 19.3. The highest BCUT2D eigenvalue weighted by atomic mass is 16.5. The summed E-state index contributed by atoms with van der Waals surface area (Å²) >= 11 is 0. The van der Waals surface area contributed by atoms with E-state index in [-0.39, 0.29) is 12.0 Å². The number of carboxylic acid groups (broad SMARTS) is 1. The monoisotopic (exact) mass is 391 g/mol. The van der Waals surface area contributed by atoms with Gasteiger partial charge in [-0.15, -0.1) is 0 Å². The summed E-state index contributed by atoms with van der Waals surface area (Å²) in [6, 6.07) is 3.97. The maximum absolute atomic E-state index is 12.3. The van der Waals surface area contributed by atoms with Gasteiger partial charge in [0.2, 0.25) is 5.88 Å². The first-order chi connectivity index (χ1) is 13.2. The van der Waals surface area contributed by atoms with E-state index >= 15 is 0 Å². The molecule has 0 radical (unpaired) electrons. The zero-order valence-corrected chi connectivity index (χ0v) is 15.9. The van der Waals surface area contributed by atoms with Crippen LogP contribution in [0.2, 0.25) is 0 Å². The van der Waals surface area contributed by atoms with Gasteiger partial charge in [0.25, 0.3) is 5.56 Å². The Morgan fingerprint density at radius 1 is 1.18 bits per heavy atom. The van der Waals surface area contributed by atoms with Crippen molar-refractivity contribution in [2.45, 2.75) is 12.5 Å². The van der Waals surface area contributed by atoms with Gasteiger partial charge in [-0.3, -0.25) is 23.7 Å². The van der Waals surface area contributed by atoms with Crippen molar-refractivity contribution >= 4 is 12.2 Å². The molecule has 2 rings (SSSR count). The summed E-state index contributed by atoms with van der Waals surface area (Å²) in [5.74, 6) is -0.798. The molecule has 0 aliphatic heterocycles. The van der Waals surface area contributed by atoms with Crippen molar-refractivity contribution in [3.63, 3.8) is 0 Å². The van der Waals surface area contributed by atoms with E-state index in [1.165, 1.54) is 28.3 Å². The fourth-order valence-electron chi connectivity index (χ4n) is 2.62. The Morgan fingerprint density at radius 3 is 2.39 bits per heavy atom. The van der Waals surface area contributed by atoms with Crippen LogP contribution in [-0.2, 0) is 18.9 Å². The summed E-state index contributed by atoms with van der Waals surface area (Å²) in [5.41, 5.74) is -1.15. The summed E-state index contributed by atoms with van der Waals surface area (Å²) in [4.78, 5) is 39.5. The van der Waals surface area contributed by atoms with Crippen molar-refractivity contribution in [1.29, 1.82) is 0 Å². The zero-order valence-electron chi connectivity index (χ0n) is 15.9. The number of hydrogen-bond acceptors (Lipinski definition) is 7. The number of ether oxygens (including phenoxy) is 2. The second-order valence-corrected chi connectivity index (χ2v) is 5.95. The molecule has 0 saturated carbocycles. The number of aromatic nitrogens is 2. The standard InChI is InChI=1S/C18H21N3O7/c1-20-16(24)11(17(25)21(2)18(20)26)9-19-12(8-15(22)23)10-5-6-13(27-3)14(7-10)28-4/h5-7,9,12,24H,8H2,1-4H3,(H,22,23)/t12-/m0/s1. The van der Waals surface area contributed by atoms with Gasteiger partial charge in [-0.1, -0.05) is 6.07 Å². The van der Waals surface area contributed by atoms with E-state index in [0.717, 1.165) is 15.3 Å². The van der Waals surface area contributed by atoms with Crippen LogP contribution in [-0.4, -0.2) is 45.8 Å². The highest BCUT2D eigenvalue weighted by molar-refractivity contribution is 5.82. The Hall–Kier alpha value is -3.56. The molecule has 2 aromatic rings. The number of methoxy groups -OCH3 is 2. The molecule has 28 heavy (non-hydrogen) atoms. The molecule has 0 aliphatic carbocycles. The van der Waals surface area contributed by atoms with Gasteiger partial charge < -0.3 is 19.7 Å².